The van der Waals surface area contributed by atoms with Gasteiger partial charge in [-0.25, -0.2) is 0 Å². The molecule has 98 valence electrons. The summed E-state index contributed by atoms with van der Waals surface area (Å²) in [6.07, 6.45) is 5.51. The highest BCUT2D eigenvalue weighted by Crippen LogP contribution is 2.49. The van der Waals surface area contributed by atoms with Crippen LogP contribution in [0.1, 0.15) is 43.0 Å². The molecule has 2 fully saturated rings. The van der Waals surface area contributed by atoms with Gasteiger partial charge in [0.05, 0.1) is 9.35 Å². The molecular formula is C14H18BrNOS. The lowest BCUT2D eigenvalue weighted by Gasteiger charge is -2.28. The number of halogens is 1. The Morgan fingerprint density at radius 2 is 2.33 bits per heavy atom. The van der Waals surface area contributed by atoms with E-state index in [-0.39, 0.29) is 5.91 Å². The van der Waals surface area contributed by atoms with E-state index in [1.165, 1.54) is 25.7 Å². The first-order chi connectivity index (χ1) is 8.63. The van der Waals surface area contributed by atoms with Crippen molar-refractivity contribution in [2.75, 3.05) is 0 Å². The van der Waals surface area contributed by atoms with Crippen LogP contribution in [0, 0.1) is 17.8 Å². The molecule has 3 rings (SSSR count). The topological polar surface area (TPSA) is 29.1 Å². The second kappa shape index (κ2) is 4.97. The summed E-state index contributed by atoms with van der Waals surface area (Å²) < 4.78 is 1.01. The fourth-order valence-electron chi connectivity index (χ4n) is 3.73. The van der Waals surface area contributed by atoms with Gasteiger partial charge in [0.25, 0.3) is 5.91 Å². The van der Waals surface area contributed by atoms with E-state index < -0.39 is 0 Å². The molecule has 1 aromatic rings. The van der Waals surface area contributed by atoms with Crippen molar-refractivity contribution in [2.45, 2.75) is 38.6 Å². The summed E-state index contributed by atoms with van der Waals surface area (Å²) in [4.78, 5) is 12.1. The third-order valence-electron chi connectivity index (χ3n) is 4.62. The average molecular weight is 328 g/mol. The largest absolute Gasteiger partial charge is 0.349 e. The van der Waals surface area contributed by atoms with E-state index >= 15 is 0 Å². The zero-order chi connectivity index (χ0) is 12.7. The van der Waals surface area contributed by atoms with Crippen molar-refractivity contribution in [2.24, 2.45) is 17.8 Å². The Balaban J connectivity index is 1.61. The van der Waals surface area contributed by atoms with Crippen LogP contribution in [-0.2, 0) is 0 Å². The number of thiophene rings is 1. The summed E-state index contributed by atoms with van der Waals surface area (Å²) in [6, 6.07) is 2.21. The second-order valence-corrected chi connectivity index (χ2v) is 8.03. The van der Waals surface area contributed by atoms with Gasteiger partial charge in [-0.2, -0.15) is 0 Å². The Labute approximate surface area is 120 Å². The van der Waals surface area contributed by atoms with Crippen molar-refractivity contribution in [1.82, 2.24) is 5.32 Å². The maximum atomic E-state index is 12.1. The van der Waals surface area contributed by atoms with E-state index in [9.17, 15) is 4.79 Å². The highest BCUT2D eigenvalue weighted by atomic mass is 79.9. The number of rotatable bonds is 3. The Bertz CT molecular complexity index is 458. The van der Waals surface area contributed by atoms with Crippen LogP contribution in [0.4, 0.5) is 0 Å². The molecule has 0 aromatic carbocycles. The normalized spacial score (nSPS) is 31.6. The molecule has 2 bridgehead atoms. The minimum absolute atomic E-state index is 0.0761. The number of nitrogens with one attached hydrogen (secondary N) is 1. The zero-order valence-electron chi connectivity index (χ0n) is 10.5. The fraction of sp³-hybridized carbons (Fsp3) is 0.643. The molecule has 4 atom stereocenters. The summed E-state index contributed by atoms with van der Waals surface area (Å²) in [5.41, 5.74) is 0.780. The molecule has 18 heavy (non-hydrogen) atoms. The van der Waals surface area contributed by atoms with Crippen LogP contribution >= 0.6 is 27.3 Å². The minimum atomic E-state index is 0.0761. The van der Waals surface area contributed by atoms with Crippen molar-refractivity contribution in [3.8, 4) is 0 Å². The third kappa shape index (κ3) is 2.37. The van der Waals surface area contributed by atoms with Crippen LogP contribution in [0.25, 0.3) is 0 Å². The molecule has 2 nitrogen and oxygen atoms in total. The van der Waals surface area contributed by atoms with E-state index in [1.807, 2.05) is 11.4 Å². The highest BCUT2D eigenvalue weighted by Gasteiger charge is 2.42. The second-order valence-electron chi connectivity index (χ2n) is 5.74. The van der Waals surface area contributed by atoms with Crippen molar-refractivity contribution in [3.63, 3.8) is 0 Å². The summed E-state index contributed by atoms with van der Waals surface area (Å²) in [5.74, 6) is 2.58. The molecule has 2 aliphatic carbocycles. The van der Waals surface area contributed by atoms with Crippen LogP contribution in [0.3, 0.4) is 0 Å². The Morgan fingerprint density at radius 3 is 2.89 bits per heavy atom. The summed E-state index contributed by atoms with van der Waals surface area (Å²) in [6.45, 7) is 2.17. The summed E-state index contributed by atoms with van der Waals surface area (Å²) >= 11 is 4.96. The van der Waals surface area contributed by atoms with E-state index in [0.29, 0.717) is 12.0 Å². The Hall–Kier alpha value is -0.350. The molecule has 0 saturated heterocycles. The maximum Gasteiger partial charge on any atom is 0.252 e. The summed E-state index contributed by atoms with van der Waals surface area (Å²) in [7, 11) is 0. The number of carbonyl (C=O) groups is 1. The number of amides is 1. The van der Waals surface area contributed by atoms with Crippen LogP contribution in [0.5, 0.6) is 0 Å². The predicted molar refractivity (Wildman–Crippen MR) is 77.9 cm³/mol. The van der Waals surface area contributed by atoms with E-state index in [4.69, 9.17) is 0 Å². The third-order valence-corrected chi connectivity index (χ3v) is 6.13. The van der Waals surface area contributed by atoms with Gasteiger partial charge < -0.3 is 5.32 Å². The highest BCUT2D eigenvalue weighted by molar-refractivity contribution is 9.11. The van der Waals surface area contributed by atoms with Gasteiger partial charge in [0.1, 0.15) is 0 Å². The first-order valence-corrected chi connectivity index (χ1v) is 8.35. The van der Waals surface area contributed by atoms with Crippen LogP contribution in [0.2, 0.25) is 0 Å². The smallest absolute Gasteiger partial charge is 0.252 e. The first kappa shape index (κ1) is 12.7. The number of hydrogen-bond acceptors (Lipinski definition) is 2. The number of carbonyl (C=O) groups excluding carboxylic acids is 1. The lowest BCUT2D eigenvalue weighted by molar-refractivity contribution is 0.0915. The molecule has 1 heterocycles. The van der Waals surface area contributed by atoms with Gasteiger partial charge >= 0.3 is 0 Å². The van der Waals surface area contributed by atoms with Crippen molar-refractivity contribution in [3.05, 3.63) is 20.8 Å². The number of hydrogen-bond donors (Lipinski definition) is 1. The predicted octanol–water partition coefficient (Wildman–Crippen LogP) is 4.07. The van der Waals surface area contributed by atoms with Gasteiger partial charge in [0, 0.05) is 11.4 Å². The Morgan fingerprint density at radius 1 is 1.50 bits per heavy atom. The SMILES string of the molecule is CC(NC(=O)c1csc(Br)c1)C1CC2CCC1C2. The van der Waals surface area contributed by atoms with Gasteiger partial charge in [-0.3, -0.25) is 4.79 Å². The zero-order valence-corrected chi connectivity index (χ0v) is 12.9. The molecular weight excluding hydrogens is 310 g/mol. The summed E-state index contributed by atoms with van der Waals surface area (Å²) in [5, 5.41) is 5.09. The van der Waals surface area contributed by atoms with Gasteiger partial charge in [-0.1, -0.05) is 6.42 Å². The van der Waals surface area contributed by atoms with E-state index in [0.717, 1.165) is 21.2 Å². The molecule has 1 amide bonds. The molecule has 1 N–H and O–H groups in total. The van der Waals surface area contributed by atoms with Crippen molar-refractivity contribution < 1.29 is 4.79 Å². The molecule has 2 aliphatic rings. The van der Waals surface area contributed by atoms with Gasteiger partial charge in [0.2, 0.25) is 0 Å². The first-order valence-electron chi connectivity index (χ1n) is 6.68. The molecule has 0 aliphatic heterocycles. The molecule has 0 spiro atoms. The standard InChI is InChI=1S/C14H18BrNOS/c1-8(12-5-9-2-3-10(12)4-9)16-14(17)11-6-13(15)18-7-11/h6-10,12H,2-5H2,1H3,(H,16,17). The molecule has 4 unspecified atom stereocenters. The van der Waals surface area contributed by atoms with Gasteiger partial charge in [0.15, 0.2) is 0 Å². The number of fused-ring (bicyclic) bond motifs is 2. The van der Waals surface area contributed by atoms with E-state index in [2.05, 4.69) is 28.2 Å². The van der Waals surface area contributed by atoms with Gasteiger partial charge in [-0.15, -0.1) is 11.3 Å². The van der Waals surface area contributed by atoms with Crippen LogP contribution in [-0.4, -0.2) is 11.9 Å². The quantitative estimate of drug-likeness (QED) is 0.890. The monoisotopic (exact) mass is 327 g/mol. The maximum absolute atomic E-state index is 12.1. The Kier molecular flexibility index (Phi) is 3.50. The van der Waals surface area contributed by atoms with Crippen molar-refractivity contribution >= 4 is 33.2 Å². The molecule has 2 saturated carbocycles. The fourth-order valence-corrected chi connectivity index (χ4v) is 4.87. The average Bonchev–Trinajstić information content (AvgIpc) is 3.03. The molecule has 0 radical (unpaired) electrons. The van der Waals surface area contributed by atoms with Gasteiger partial charge in [-0.05, 0) is 65.9 Å². The van der Waals surface area contributed by atoms with Crippen molar-refractivity contribution in [1.29, 1.82) is 0 Å². The lowest BCUT2D eigenvalue weighted by atomic mass is 9.84. The molecule has 4 heteroatoms. The molecule has 1 aromatic heterocycles. The van der Waals surface area contributed by atoms with Crippen LogP contribution < -0.4 is 5.32 Å². The van der Waals surface area contributed by atoms with E-state index in [1.54, 1.807) is 11.3 Å². The minimum Gasteiger partial charge on any atom is -0.349 e. The lowest BCUT2D eigenvalue weighted by Crippen LogP contribution is -2.39. The van der Waals surface area contributed by atoms with Crippen LogP contribution in [0.15, 0.2) is 15.2 Å².